The molecule has 6 heteroatoms. The van der Waals surface area contributed by atoms with Gasteiger partial charge in [0.15, 0.2) is 0 Å². The fourth-order valence-corrected chi connectivity index (χ4v) is 2.46. The van der Waals surface area contributed by atoms with E-state index in [1.54, 1.807) is 0 Å². The molecular formula is C8H15NO4S. The van der Waals surface area contributed by atoms with Crippen molar-refractivity contribution in [3.63, 3.8) is 0 Å². The minimum Gasteiger partial charge on any atom is -0.468 e. The largest absolute Gasteiger partial charge is 0.468 e. The van der Waals surface area contributed by atoms with Gasteiger partial charge in [0.1, 0.15) is 0 Å². The first-order chi connectivity index (χ1) is 6.54. The molecule has 0 spiro atoms. The van der Waals surface area contributed by atoms with E-state index in [-0.39, 0.29) is 0 Å². The minimum atomic E-state index is -3.05. The van der Waals surface area contributed by atoms with Gasteiger partial charge in [0, 0.05) is 13.1 Å². The fourth-order valence-electron chi connectivity index (χ4n) is 1.58. The molecule has 0 bridgehead atoms. The molecule has 0 aliphatic carbocycles. The predicted molar refractivity (Wildman–Crippen MR) is 51.2 cm³/mol. The zero-order valence-corrected chi connectivity index (χ0v) is 9.00. The van der Waals surface area contributed by atoms with E-state index < -0.39 is 10.0 Å². The molecule has 0 atom stereocenters. The molecule has 82 valence electrons. The van der Waals surface area contributed by atoms with Crippen LogP contribution < -0.4 is 0 Å². The summed E-state index contributed by atoms with van der Waals surface area (Å²) in [5.74, 6) is 0.304. The Morgan fingerprint density at radius 1 is 1.43 bits per heavy atom. The van der Waals surface area contributed by atoms with E-state index in [0.29, 0.717) is 32.1 Å². The Balaban J connectivity index is 2.35. The first-order valence-electron chi connectivity index (χ1n) is 4.54. The molecule has 14 heavy (non-hydrogen) atoms. The summed E-state index contributed by atoms with van der Waals surface area (Å²) >= 11 is 0. The van der Waals surface area contributed by atoms with Crippen molar-refractivity contribution in [2.45, 2.75) is 12.8 Å². The third-order valence-corrected chi connectivity index (χ3v) is 3.75. The van der Waals surface area contributed by atoms with Crippen molar-refractivity contribution >= 4 is 16.5 Å². The number of hydrogen-bond donors (Lipinski definition) is 0. The highest BCUT2D eigenvalue weighted by atomic mass is 32.2. The summed E-state index contributed by atoms with van der Waals surface area (Å²) in [4.78, 5) is 9.94. The van der Waals surface area contributed by atoms with Crippen LogP contribution in [0.4, 0.5) is 0 Å². The molecule has 0 unspecified atom stereocenters. The lowest BCUT2D eigenvalue weighted by atomic mass is 9.99. The number of carbonyl (C=O) groups excluding carboxylic acids is 1. The van der Waals surface area contributed by atoms with Crippen molar-refractivity contribution in [2.24, 2.45) is 5.92 Å². The van der Waals surface area contributed by atoms with Gasteiger partial charge in [-0.25, -0.2) is 12.7 Å². The average molecular weight is 221 g/mol. The quantitative estimate of drug-likeness (QED) is 0.618. The van der Waals surface area contributed by atoms with Gasteiger partial charge in [-0.1, -0.05) is 0 Å². The normalized spacial score (nSPS) is 20.6. The van der Waals surface area contributed by atoms with Crippen molar-refractivity contribution in [2.75, 3.05) is 26.0 Å². The Morgan fingerprint density at radius 2 is 2.00 bits per heavy atom. The lowest BCUT2D eigenvalue weighted by Crippen LogP contribution is -2.38. The summed E-state index contributed by atoms with van der Waals surface area (Å²) in [5.41, 5.74) is 0. The second-order valence-corrected chi connectivity index (χ2v) is 5.52. The molecular weight excluding hydrogens is 206 g/mol. The van der Waals surface area contributed by atoms with Crippen molar-refractivity contribution in [1.29, 1.82) is 0 Å². The molecule has 0 aromatic heterocycles. The van der Waals surface area contributed by atoms with Gasteiger partial charge >= 0.3 is 0 Å². The number of sulfonamides is 1. The third kappa shape index (κ3) is 3.26. The molecule has 1 rings (SSSR count). The summed E-state index contributed by atoms with van der Waals surface area (Å²) in [7, 11) is -3.05. The summed E-state index contributed by atoms with van der Waals surface area (Å²) in [5, 5.41) is 0. The Kier molecular flexibility index (Phi) is 3.88. The van der Waals surface area contributed by atoms with E-state index in [9.17, 15) is 13.2 Å². The Labute approximate surface area is 84.1 Å². The molecule has 0 aromatic carbocycles. The highest BCUT2D eigenvalue weighted by molar-refractivity contribution is 7.88. The molecule has 1 aliphatic rings. The van der Waals surface area contributed by atoms with Gasteiger partial charge in [-0.3, -0.25) is 4.79 Å². The van der Waals surface area contributed by atoms with Crippen LogP contribution >= 0.6 is 0 Å². The molecule has 0 saturated carbocycles. The summed E-state index contributed by atoms with van der Waals surface area (Å²) in [6, 6.07) is 0. The topological polar surface area (TPSA) is 63.7 Å². The number of rotatable bonds is 4. The van der Waals surface area contributed by atoms with E-state index in [4.69, 9.17) is 0 Å². The predicted octanol–water partition coefficient (Wildman–Crippen LogP) is -0.169. The number of carbonyl (C=O) groups is 1. The van der Waals surface area contributed by atoms with E-state index in [1.807, 2.05) is 0 Å². The van der Waals surface area contributed by atoms with Crippen LogP contribution in [0.1, 0.15) is 12.8 Å². The van der Waals surface area contributed by atoms with Gasteiger partial charge in [-0.15, -0.1) is 0 Å². The minimum absolute atomic E-state index is 0.304. The molecule has 0 aromatic rings. The van der Waals surface area contributed by atoms with Crippen LogP contribution in [-0.2, 0) is 19.6 Å². The van der Waals surface area contributed by atoms with Crippen LogP contribution in [0, 0.1) is 5.92 Å². The summed E-state index contributed by atoms with van der Waals surface area (Å²) in [6.07, 6.45) is 2.75. The summed E-state index contributed by atoms with van der Waals surface area (Å²) in [6.45, 7) is 1.90. The smallest absolute Gasteiger partial charge is 0.293 e. The van der Waals surface area contributed by atoms with E-state index >= 15 is 0 Å². The van der Waals surface area contributed by atoms with Crippen LogP contribution in [0.3, 0.4) is 0 Å². The zero-order chi connectivity index (χ0) is 10.6. The second kappa shape index (κ2) is 4.75. The number of piperidine rings is 1. The molecule has 5 nitrogen and oxygen atoms in total. The highest BCUT2D eigenvalue weighted by Gasteiger charge is 2.24. The van der Waals surface area contributed by atoms with Crippen molar-refractivity contribution < 1.29 is 17.9 Å². The molecule has 1 heterocycles. The molecule has 0 N–H and O–H groups in total. The first kappa shape index (κ1) is 11.5. The lowest BCUT2D eigenvalue weighted by molar-refractivity contribution is -0.130. The molecule has 1 fully saturated rings. The van der Waals surface area contributed by atoms with Gasteiger partial charge in [-0.2, -0.15) is 0 Å². The number of hydrogen-bond acceptors (Lipinski definition) is 4. The van der Waals surface area contributed by atoms with Gasteiger partial charge in [-0.05, 0) is 18.8 Å². The Hall–Kier alpha value is -0.620. The van der Waals surface area contributed by atoms with Crippen LogP contribution in [0.5, 0.6) is 0 Å². The zero-order valence-electron chi connectivity index (χ0n) is 8.18. The van der Waals surface area contributed by atoms with Gasteiger partial charge in [0.2, 0.25) is 10.0 Å². The lowest BCUT2D eigenvalue weighted by Gasteiger charge is -2.29. The van der Waals surface area contributed by atoms with Crippen molar-refractivity contribution in [1.82, 2.24) is 4.31 Å². The van der Waals surface area contributed by atoms with Gasteiger partial charge < -0.3 is 4.74 Å². The van der Waals surface area contributed by atoms with Gasteiger partial charge in [0.25, 0.3) is 6.47 Å². The van der Waals surface area contributed by atoms with Crippen molar-refractivity contribution in [3.8, 4) is 0 Å². The first-order valence-corrected chi connectivity index (χ1v) is 6.39. The van der Waals surface area contributed by atoms with Crippen molar-refractivity contribution in [3.05, 3.63) is 0 Å². The monoisotopic (exact) mass is 221 g/mol. The van der Waals surface area contributed by atoms with E-state index in [2.05, 4.69) is 4.74 Å². The third-order valence-electron chi connectivity index (χ3n) is 2.44. The van der Waals surface area contributed by atoms with Crippen LogP contribution in [0.2, 0.25) is 0 Å². The number of ether oxygens (including phenoxy) is 1. The maximum atomic E-state index is 11.1. The summed E-state index contributed by atoms with van der Waals surface area (Å²) < 4.78 is 28.4. The molecule has 0 radical (unpaired) electrons. The van der Waals surface area contributed by atoms with E-state index in [0.717, 1.165) is 12.8 Å². The number of nitrogens with zero attached hydrogens (tertiary/aromatic N) is 1. The fraction of sp³-hybridized carbons (Fsp3) is 0.875. The Bertz CT molecular complexity index is 280. The second-order valence-electron chi connectivity index (χ2n) is 3.53. The standard InChI is InChI=1S/C8H15NO4S/c1-14(11,12)9-4-2-8(3-5-9)6-13-7-10/h7-8H,2-6H2,1H3. The maximum absolute atomic E-state index is 11.1. The Morgan fingerprint density at radius 3 is 2.43 bits per heavy atom. The molecule has 0 amide bonds. The van der Waals surface area contributed by atoms with Crippen LogP contribution in [0.15, 0.2) is 0 Å². The van der Waals surface area contributed by atoms with Crippen LogP contribution in [0.25, 0.3) is 0 Å². The highest BCUT2D eigenvalue weighted by Crippen LogP contribution is 2.18. The molecule has 1 saturated heterocycles. The van der Waals surface area contributed by atoms with Gasteiger partial charge in [0.05, 0.1) is 12.9 Å². The van der Waals surface area contributed by atoms with E-state index in [1.165, 1.54) is 10.6 Å². The van der Waals surface area contributed by atoms with Crippen LogP contribution in [-0.4, -0.2) is 45.1 Å². The SMILES string of the molecule is CS(=O)(=O)N1CCC(COC=O)CC1. The average Bonchev–Trinajstić information content (AvgIpc) is 2.14. The maximum Gasteiger partial charge on any atom is 0.293 e. The molecule has 1 aliphatic heterocycles.